The van der Waals surface area contributed by atoms with E-state index in [1.165, 1.54) is 0 Å². The largest absolute Gasteiger partial charge is 0.481 e. The molecule has 7 nitrogen and oxygen atoms in total. The molecule has 0 aromatic heterocycles. The van der Waals surface area contributed by atoms with Crippen LogP contribution in [0.4, 0.5) is 0 Å². The van der Waals surface area contributed by atoms with Crippen molar-refractivity contribution in [3.63, 3.8) is 0 Å². The Bertz CT molecular complexity index is 870. The fourth-order valence-electron chi connectivity index (χ4n) is 3.74. The summed E-state index contributed by atoms with van der Waals surface area (Å²) in [6.45, 7) is 1.95. The van der Waals surface area contributed by atoms with Gasteiger partial charge in [0.05, 0.1) is 11.8 Å². The molecule has 2 heterocycles. The summed E-state index contributed by atoms with van der Waals surface area (Å²) in [7, 11) is 0. The number of carboxylic acids is 1. The molecule has 2 N–H and O–H groups in total. The molecule has 7 heteroatoms. The first-order chi connectivity index (χ1) is 13.6. The summed E-state index contributed by atoms with van der Waals surface area (Å²) < 4.78 is 10.6. The Hall–Kier alpha value is -3.06. The molecule has 1 saturated heterocycles. The Kier molecular flexibility index (Phi) is 5.16. The van der Waals surface area contributed by atoms with Gasteiger partial charge in [-0.2, -0.15) is 0 Å². The average molecular weight is 382 g/mol. The van der Waals surface area contributed by atoms with Crippen LogP contribution in [0.15, 0.2) is 48.5 Å². The van der Waals surface area contributed by atoms with Gasteiger partial charge in [-0.15, -0.1) is 0 Å². The zero-order chi connectivity index (χ0) is 19.5. The van der Waals surface area contributed by atoms with Crippen LogP contribution in [0.3, 0.4) is 0 Å². The number of ether oxygens (including phenoxy) is 2. The van der Waals surface area contributed by atoms with Crippen LogP contribution < -0.4 is 14.8 Å². The lowest BCUT2D eigenvalue weighted by Crippen LogP contribution is -2.37. The van der Waals surface area contributed by atoms with Crippen molar-refractivity contribution in [2.24, 2.45) is 11.8 Å². The SMILES string of the molecule is O=C(O)C1CN(Cc2ccccc2)CC1C(=O)NCc1ccc2c(c1)OCO2. The first kappa shape index (κ1) is 18.3. The second-order valence-electron chi connectivity index (χ2n) is 7.14. The van der Waals surface area contributed by atoms with E-state index in [1.54, 1.807) is 6.07 Å². The summed E-state index contributed by atoms with van der Waals surface area (Å²) in [5.74, 6) is -1.10. The number of hydrogen-bond acceptors (Lipinski definition) is 5. The van der Waals surface area contributed by atoms with E-state index >= 15 is 0 Å². The van der Waals surface area contributed by atoms with Gasteiger partial charge in [0, 0.05) is 26.2 Å². The number of carbonyl (C=O) groups is 2. The second kappa shape index (κ2) is 7.90. The third-order valence-electron chi connectivity index (χ3n) is 5.20. The van der Waals surface area contributed by atoms with E-state index in [0.29, 0.717) is 37.7 Å². The summed E-state index contributed by atoms with van der Waals surface area (Å²) >= 11 is 0. The van der Waals surface area contributed by atoms with Gasteiger partial charge in [0.15, 0.2) is 11.5 Å². The predicted molar refractivity (Wildman–Crippen MR) is 101 cm³/mol. The lowest BCUT2D eigenvalue weighted by Gasteiger charge is -2.16. The number of carboxylic acid groups (broad SMARTS) is 1. The third kappa shape index (κ3) is 3.94. The van der Waals surface area contributed by atoms with Crippen LogP contribution in [-0.4, -0.2) is 41.8 Å². The van der Waals surface area contributed by atoms with Crippen LogP contribution in [-0.2, 0) is 22.7 Å². The molecule has 28 heavy (non-hydrogen) atoms. The molecule has 2 unspecified atom stereocenters. The Labute approximate surface area is 162 Å². The lowest BCUT2D eigenvalue weighted by molar-refractivity contribution is -0.145. The van der Waals surface area contributed by atoms with Gasteiger partial charge in [0.25, 0.3) is 0 Å². The van der Waals surface area contributed by atoms with Gasteiger partial charge in [-0.1, -0.05) is 36.4 Å². The highest BCUT2D eigenvalue weighted by atomic mass is 16.7. The van der Waals surface area contributed by atoms with Crippen molar-refractivity contribution in [1.82, 2.24) is 10.2 Å². The number of carbonyl (C=O) groups excluding carboxylic acids is 1. The molecule has 2 aliphatic heterocycles. The smallest absolute Gasteiger partial charge is 0.308 e. The van der Waals surface area contributed by atoms with Gasteiger partial charge in [0.1, 0.15) is 0 Å². The second-order valence-corrected chi connectivity index (χ2v) is 7.14. The van der Waals surface area contributed by atoms with E-state index in [9.17, 15) is 14.7 Å². The van der Waals surface area contributed by atoms with Crippen LogP contribution in [0.5, 0.6) is 11.5 Å². The molecule has 4 rings (SSSR count). The summed E-state index contributed by atoms with van der Waals surface area (Å²) in [5, 5.41) is 12.4. The summed E-state index contributed by atoms with van der Waals surface area (Å²) in [6.07, 6.45) is 0. The first-order valence-electron chi connectivity index (χ1n) is 9.25. The van der Waals surface area contributed by atoms with Crippen molar-refractivity contribution in [1.29, 1.82) is 0 Å². The molecule has 0 radical (unpaired) electrons. The van der Waals surface area contributed by atoms with Crippen molar-refractivity contribution in [3.8, 4) is 11.5 Å². The van der Waals surface area contributed by atoms with Crippen molar-refractivity contribution < 1.29 is 24.2 Å². The summed E-state index contributed by atoms with van der Waals surface area (Å²) in [5.41, 5.74) is 1.98. The van der Waals surface area contributed by atoms with E-state index in [1.807, 2.05) is 47.4 Å². The standard InChI is InChI=1S/C21H22N2O5/c24-20(22-9-15-6-7-18-19(8-15)28-13-27-18)16-11-23(12-17(16)21(25)26)10-14-4-2-1-3-5-14/h1-8,16-17H,9-13H2,(H,22,24)(H,25,26). The van der Waals surface area contributed by atoms with Gasteiger partial charge >= 0.3 is 5.97 Å². The fraction of sp³-hybridized carbons (Fsp3) is 0.333. The monoisotopic (exact) mass is 382 g/mol. The molecule has 1 amide bonds. The quantitative estimate of drug-likeness (QED) is 0.793. The predicted octanol–water partition coefficient (Wildman–Crippen LogP) is 1.86. The van der Waals surface area contributed by atoms with Crippen molar-refractivity contribution in [2.45, 2.75) is 13.1 Å². The summed E-state index contributed by atoms with van der Waals surface area (Å²) in [4.78, 5) is 26.4. The first-order valence-corrected chi connectivity index (χ1v) is 9.25. The van der Waals surface area contributed by atoms with Gasteiger partial charge < -0.3 is 19.9 Å². The lowest BCUT2D eigenvalue weighted by atomic mass is 9.95. The Morgan fingerprint density at radius 1 is 1.00 bits per heavy atom. The molecule has 0 aliphatic carbocycles. The number of nitrogens with zero attached hydrogens (tertiary/aromatic N) is 1. The maximum atomic E-state index is 12.7. The number of amides is 1. The van der Waals surface area contributed by atoms with E-state index in [0.717, 1.165) is 11.1 Å². The highest BCUT2D eigenvalue weighted by molar-refractivity contribution is 5.85. The number of benzene rings is 2. The van der Waals surface area contributed by atoms with E-state index in [2.05, 4.69) is 5.32 Å². The van der Waals surface area contributed by atoms with E-state index in [4.69, 9.17) is 9.47 Å². The van der Waals surface area contributed by atoms with E-state index in [-0.39, 0.29) is 12.7 Å². The normalized spacial score (nSPS) is 20.9. The molecule has 2 atom stereocenters. The molecule has 146 valence electrons. The van der Waals surface area contributed by atoms with Crippen LogP contribution in [0, 0.1) is 11.8 Å². The maximum Gasteiger partial charge on any atom is 0.308 e. The number of rotatable bonds is 6. The van der Waals surface area contributed by atoms with Crippen LogP contribution >= 0.6 is 0 Å². The molecule has 2 aliphatic rings. The van der Waals surface area contributed by atoms with Gasteiger partial charge in [-0.05, 0) is 23.3 Å². The number of nitrogens with one attached hydrogen (secondary N) is 1. The minimum Gasteiger partial charge on any atom is -0.481 e. The molecule has 0 spiro atoms. The highest BCUT2D eigenvalue weighted by Crippen LogP contribution is 2.32. The number of hydrogen-bond donors (Lipinski definition) is 2. The molecule has 0 saturated carbocycles. The van der Waals surface area contributed by atoms with Crippen LogP contribution in [0.25, 0.3) is 0 Å². The highest BCUT2D eigenvalue weighted by Gasteiger charge is 2.41. The Morgan fingerprint density at radius 2 is 1.75 bits per heavy atom. The van der Waals surface area contributed by atoms with Gasteiger partial charge in [-0.3, -0.25) is 14.5 Å². The number of likely N-dealkylation sites (tertiary alicyclic amines) is 1. The minimum atomic E-state index is -0.932. The van der Waals surface area contributed by atoms with Crippen molar-refractivity contribution in [3.05, 3.63) is 59.7 Å². The van der Waals surface area contributed by atoms with Gasteiger partial charge in [-0.25, -0.2) is 0 Å². The van der Waals surface area contributed by atoms with Crippen LogP contribution in [0.1, 0.15) is 11.1 Å². The third-order valence-corrected chi connectivity index (χ3v) is 5.20. The molecule has 2 aromatic carbocycles. The summed E-state index contributed by atoms with van der Waals surface area (Å²) in [6, 6.07) is 15.4. The maximum absolute atomic E-state index is 12.7. The molecule has 1 fully saturated rings. The van der Waals surface area contributed by atoms with Crippen molar-refractivity contribution in [2.75, 3.05) is 19.9 Å². The van der Waals surface area contributed by atoms with Gasteiger partial charge in [0.2, 0.25) is 12.7 Å². The average Bonchev–Trinajstić information content (AvgIpc) is 3.33. The molecule has 0 bridgehead atoms. The Morgan fingerprint density at radius 3 is 2.54 bits per heavy atom. The zero-order valence-corrected chi connectivity index (χ0v) is 15.3. The fourth-order valence-corrected chi connectivity index (χ4v) is 3.74. The van der Waals surface area contributed by atoms with Crippen LogP contribution in [0.2, 0.25) is 0 Å². The van der Waals surface area contributed by atoms with E-state index < -0.39 is 17.8 Å². The molecule has 2 aromatic rings. The molecular formula is C21H22N2O5. The topological polar surface area (TPSA) is 88.1 Å². The van der Waals surface area contributed by atoms with Crippen molar-refractivity contribution >= 4 is 11.9 Å². The zero-order valence-electron chi connectivity index (χ0n) is 15.3. The minimum absolute atomic E-state index is 0.199. The number of aliphatic carboxylic acids is 1. The molecular weight excluding hydrogens is 360 g/mol. The Balaban J connectivity index is 1.38. The number of fused-ring (bicyclic) bond motifs is 1.